The van der Waals surface area contributed by atoms with Gasteiger partial charge in [-0.15, -0.1) is 0 Å². The van der Waals surface area contributed by atoms with Gasteiger partial charge in [0.15, 0.2) is 0 Å². The van der Waals surface area contributed by atoms with Gasteiger partial charge in [0.25, 0.3) is 0 Å². The minimum atomic E-state index is -0.466. The van der Waals surface area contributed by atoms with Crippen LogP contribution in [-0.2, 0) is 0 Å². The third-order valence-corrected chi connectivity index (χ3v) is 2.28. The number of rotatable bonds is 3. The lowest BCUT2D eigenvalue weighted by molar-refractivity contribution is 0.0817. The lowest BCUT2D eigenvalue weighted by atomic mass is 10.0. The second-order valence-electron chi connectivity index (χ2n) is 4.73. The Bertz CT molecular complexity index is 495. The number of carbonyl (C=O) groups is 2. The van der Waals surface area contributed by atoms with E-state index in [1.807, 2.05) is 38.2 Å². The summed E-state index contributed by atoms with van der Waals surface area (Å²) >= 11 is 0. The monoisotopic (exact) mass is 269 g/mol. The van der Waals surface area contributed by atoms with E-state index >= 15 is 0 Å². The highest BCUT2D eigenvalue weighted by Crippen LogP contribution is 2.07. The van der Waals surface area contributed by atoms with E-state index in [1.54, 1.807) is 48.5 Å². The van der Waals surface area contributed by atoms with E-state index in [0.717, 1.165) is 0 Å². The maximum absolute atomic E-state index is 11.8. The van der Waals surface area contributed by atoms with Crippen molar-refractivity contribution in [3.05, 3.63) is 71.8 Å². The molecule has 3 heteroatoms. The molecule has 0 fully saturated rings. The Kier molecular flexibility index (Phi) is 6.33. The van der Waals surface area contributed by atoms with E-state index < -0.39 is 11.6 Å². The van der Waals surface area contributed by atoms with Crippen molar-refractivity contribution in [1.29, 1.82) is 0 Å². The molecule has 2 aromatic carbocycles. The summed E-state index contributed by atoms with van der Waals surface area (Å²) in [6.07, 6.45) is 0. The van der Waals surface area contributed by atoms with Gasteiger partial charge in [-0.05, 0) is 21.1 Å². The Hall–Kier alpha value is -2.26. The van der Waals surface area contributed by atoms with Gasteiger partial charge in [0.05, 0.1) is 0 Å². The maximum atomic E-state index is 11.8. The fourth-order valence-electron chi connectivity index (χ4n) is 1.44. The number of carbonyl (C=O) groups excluding carboxylic acids is 2. The third kappa shape index (κ3) is 5.16. The molecule has 0 aliphatic rings. The second kappa shape index (κ2) is 8.02. The van der Waals surface area contributed by atoms with Crippen LogP contribution in [0.5, 0.6) is 0 Å². The van der Waals surface area contributed by atoms with Crippen LogP contribution in [0.15, 0.2) is 60.7 Å². The Balaban J connectivity index is 0.000000444. The van der Waals surface area contributed by atoms with Crippen LogP contribution in [0.1, 0.15) is 20.7 Å². The Morgan fingerprint density at radius 2 is 0.900 bits per heavy atom. The number of benzene rings is 2. The molecule has 3 nitrogen and oxygen atoms in total. The number of hydrogen-bond acceptors (Lipinski definition) is 3. The van der Waals surface area contributed by atoms with Crippen LogP contribution in [0.25, 0.3) is 0 Å². The zero-order chi connectivity index (χ0) is 15.0. The summed E-state index contributed by atoms with van der Waals surface area (Å²) in [7, 11) is 6.00. The minimum absolute atomic E-state index is 0.427. The smallest absolute Gasteiger partial charge is 0.233 e. The summed E-state index contributed by atoms with van der Waals surface area (Å²) < 4.78 is 0. The molecule has 20 heavy (non-hydrogen) atoms. The Morgan fingerprint density at radius 3 is 1.15 bits per heavy atom. The van der Waals surface area contributed by atoms with Gasteiger partial charge in [0, 0.05) is 11.1 Å². The molecule has 0 bridgehead atoms. The molecule has 0 atom stereocenters. The highest BCUT2D eigenvalue weighted by Gasteiger charge is 2.16. The zero-order valence-corrected chi connectivity index (χ0v) is 12.0. The van der Waals surface area contributed by atoms with Crippen LogP contribution < -0.4 is 0 Å². The number of nitrogens with zero attached hydrogens (tertiary/aromatic N) is 1. The van der Waals surface area contributed by atoms with E-state index in [4.69, 9.17) is 0 Å². The van der Waals surface area contributed by atoms with Crippen LogP contribution in [0, 0.1) is 0 Å². The Morgan fingerprint density at radius 1 is 0.650 bits per heavy atom. The molecule has 0 saturated heterocycles. The van der Waals surface area contributed by atoms with E-state index in [-0.39, 0.29) is 0 Å². The lowest BCUT2D eigenvalue weighted by Crippen LogP contribution is -2.14. The summed E-state index contributed by atoms with van der Waals surface area (Å²) in [5.41, 5.74) is 0.854. The number of ketones is 2. The van der Waals surface area contributed by atoms with Gasteiger partial charge >= 0.3 is 0 Å². The quantitative estimate of drug-likeness (QED) is 0.635. The number of Topliss-reactive ketones (excluding diaryl/α,β-unsaturated/α-hetero) is 2. The molecule has 0 spiro atoms. The zero-order valence-electron chi connectivity index (χ0n) is 12.0. The molecular formula is C17H19NO2. The van der Waals surface area contributed by atoms with E-state index in [9.17, 15) is 9.59 Å². The Labute approximate surface area is 119 Å². The fourth-order valence-corrected chi connectivity index (χ4v) is 1.44. The van der Waals surface area contributed by atoms with Gasteiger partial charge in [-0.3, -0.25) is 9.59 Å². The molecule has 0 aliphatic heterocycles. The molecular weight excluding hydrogens is 250 g/mol. The van der Waals surface area contributed by atoms with E-state index in [2.05, 4.69) is 0 Å². The van der Waals surface area contributed by atoms with Crippen LogP contribution in [0.4, 0.5) is 0 Å². The van der Waals surface area contributed by atoms with Crippen molar-refractivity contribution in [2.45, 2.75) is 0 Å². The first-order chi connectivity index (χ1) is 9.52. The van der Waals surface area contributed by atoms with Gasteiger partial charge in [-0.25, -0.2) is 0 Å². The summed E-state index contributed by atoms with van der Waals surface area (Å²) in [4.78, 5) is 25.6. The molecule has 0 heterocycles. The molecule has 0 radical (unpaired) electrons. The van der Waals surface area contributed by atoms with Crippen LogP contribution in [-0.4, -0.2) is 37.6 Å². The summed E-state index contributed by atoms with van der Waals surface area (Å²) in [6.45, 7) is 0. The van der Waals surface area contributed by atoms with Crippen molar-refractivity contribution in [3.63, 3.8) is 0 Å². The fraction of sp³-hybridized carbons (Fsp3) is 0.176. The molecule has 2 rings (SSSR count). The van der Waals surface area contributed by atoms with Crippen molar-refractivity contribution < 1.29 is 9.59 Å². The van der Waals surface area contributed by atoms with E-state index in [0.29, 0.717) is 11.1 Å². The van der Waals surface area contributed by atoms with Crippen molar-refractivity contribution in [1.82, 2.24) is 4.90 Å². The molecule has 0 unspecified atom stereocenters. The first-order valence-electron chi connectivity index (χ1n) is 6.32. The lowest BCUT2D eigenvalue weighted by Gasteiger charge is -1.99. The van der Waals surface area contributed by atoms with Crippen LogP contribution in [0.2, 0.25) is 0 Å². The summed E-state index contributed by atoms with van der Waals surface area (Å²) in [5.74, 6) is -0.932. The minimum Gasteiger partial charge on any atom is -0.312 e. The highest BCUT2D eigenvalue weighted by molar-refractivity contribution is 6.49. The molecule has 0 N–H and O–H groups in total. The van der Waals surface area contributed by atoms with E-state index in [1.165, 1.54) is 0 Å². The van der Waals surface area contributed by atoms with Gasteiger partial charge < -0.3 is 4.90 Å². The summed E-state index contributed by atoms with van der Waals surface area (Å²) in [5, 5.41) is 0. The molecule has 0 saturated carbocycles. The predicted octanol–water partition coefficient (Wildman–Crippen LogP) is 2.93. The topological polar surface area (TPSA) is 37.4 Å². The molecule has 0 aliphatic carbocycles. The van der Waals surface area contributed by atoms with Gasteiger partial charge in [-0.2, -0.15) is 0 Å². The van der Waals surface area contributed by atoms with Gasteiger partial charge in [0.1, 0.15) is 0 Å². The molecule has 0 aromatic heterocycles. The van der Waals surface area contributed by atoms with Crippen molar-refractivity contribution >= 4 is 11.6 Å². The average Bonchev–Trinajstić information content (AvgIpc) is 2.47. The predicted molar refractivity (Wildman–Crippen MR) is 81.2 cm³/mol. The van der Waals surface area contributed by atoms with Gasteiger partial charge in [0.2, 0.25) is 11.6 Å². The van der Waals surface area contributed by atoms with Crippen molar-refractivity contribution in [2.75, 3.05) is 21.1 Å². The molecule has 2 aromatic rings. The maximum Gasteiger partial charge on any atom is 0.233 e. The van der Waals surface area contributed by atoms with Crippen molar-refractivity contribution in [2.24, 2.45) is 0 Å². The molecule has 104 valence electrons. The summed E-state index contributed by atoms with van der Waals surface area (Å²) in [6, 6.07) is 17.2. The first kappa shape index (κ1) is 15.8. The average molecular weight is 269 g/mol. The largest absolute Gasteiger partial charge is 0.312 e. The number of hydrogen-bond donors (Lipinski definition) is 0. The normalized spacial score (nSPS) is 9.60. The van der Waals surface area contributed by atoms with Crippen LogP contribution in [0.3, 0.4) is 0 Å². The standard InChI is InChI=1S/C14H10O2.C3H9N/c15-13(11-7-3-1-4-8-11)14(16)12-9-5-2-6-10-12;1-4(2)3/h1-10H;1-3H3. The third-order valence-electron chi connectivity index (χ3n) is 2.28. The second-order valence-corrected chi connectivity index (χ2v) is 4.73. The van der Waals surface area contributed by atoms with Crippen LogP contribution >= 0.6 is 0 Å². The van der Waals surface area contributed by atoms with Crippen molar-refractivity contribution in [3.8, 4) is 0 Å². The highest BCUT2D eigenvalue weighted by atomic mass is 16.2. The first-order valence-corrected chi connectivity index (χ1v) is 6.32. The molecule has 0 amide bonds. The SMILES string of the molecule is CN(C)C.O=C(C(=O)c1ccccc1)c1ccccc1. The van der Waals surface area contributed by atoms with Gasteiger partial charge in [-0.1, -0.05) is 60.7 Å².